The highest BCUT2D eigenvalue weighted by molar-refractivity contribution is 5.33. The van der Waals surface area contributed by atoms with Crippen molar-refractivity contribution in [1.29, 1.82) is 0 Å². The summed E-state index contributed by atoms with van der Waals surface area (Å²) in [4.78, 5) is 0. The van der Waals surface area contributed by atoms with Gasteiger partial charge >= 0.3 is 0 Å². The maximum absolute atomic E-state index is 4.43. The maximum atomic E-state index is 4.43. The molecule has 1 radical (unpaired) electrons. The average molecular weight is 185 g/mol. The van der Waals surface area contributed by atoms with Gasteiger partial charge in [0.05, 0.1) is 11.4 Å². The van der Waals surface area contributed by atoms with Crippen molar-refractivity contribution in [2.24, 2.45) is 0 Å². The van der Waals surface area contributed by atoms with Crippen LogP contribution in [-0.2, 0) is 6.42 Å². The van der Waals surface area contributed by atoms with Crippen LogP contribution < -0.4 is 0 Å². The third kappa shape index (κ3) is 1.55. The van der Waals surface area contributed by atoms with E-state index in [1.807, 2.05) is 41.9 Å². The molecule has 0 amide bonds. The molecule has 0 aliphatic rings. The number of benzene rings is 1. The minimum atomic E-state index is 0.760. The highest BCUT2D eigenvalue weighted by Gasteiger charge is 2.04. The summed E-state index contributed by atoms with van der Waals surface area (Å²) in [5, 5.41) is 4.43. The number of para-hydroxylation sites is 1. The zero-order valence-corrected chi connectivity index (χ0v) is 8.27. The number of hydrogen-bond acceptors (Lipinski definition) is 1. The Morgan fingerprint density at radius 2 is 2.00 bits per heavy atom. The SMILES string of the molecule is [CH2]Cc1cc(C)nn1-c1ccccc1. The molecule has 71 valence electrons. The van der Waals surface area contributed by atoms with E-state index in [1.54, 1.807) is 0 Å². The van der Waals surface area contributed by atoms with Gasteiger partial charge in [-0.25, -0.2) is 4.68 Å². The van der Waals surface area contributed by atoms with E-state index in [0.29, 0.717) is 0 Å². The Labute approximate surface area is 84.2 Å². The Morgan fingerprint density at radius 1 is 1.29 bits per heavy atom. The lowest BCUT2D eigenvalue weighted by atomic mass is 10.3. The summed E-state index contributed by atoms with van der Waals surface area (Å²) in [5.41, 5.74) is 3.28. The molecule has 14 heavy (non-hydrogen) atoms. The summed E-state index contributed by atoms with van der Waals surface area (Å²) in [6.45, 7) is 5.89. The number of nitrogens with zero attached hydrogens (tertiary/aromatic N) is 2. The van der Waals surface area contributed by atoms with Gasteiger partial charge in [-0.2, -0.15) is 5.10 Å². The van der Waals surface area contributed by atoms with Crippen LogP contribution in [0.2, 0.25) is 0 Å². The lowest BCUT2D eigenvalue weighted by Gasteiger charge is -2.04. The second kappa shape index (κ2) is 3.66. The summed E-state index contributed by atoms with van der Waals surface area (Å²) in [6, 6.07) is 12.2. The quantitative estimate of drug-likeness (QED) is 0.703. The van der Waals surface area contributed by atoms with E-state index in [-0.39, 0.29) is 0 Å². The number of rotatable bonds is 2. The third-order valence-electron chi connectivity index (χ3n) is 2.16. The van der Waals surface area contributed by atoms with E-state index in [9.17, 15) is 0 Å². The first-order valence-electron chi connectivity index (χ1n) is 4.71. The normalized spacial score (nSPS) is 10.4. The van der Waals surface area contributed by atoms with Crippen molar-refractivity contribution in [3.05, 3.63) is 54.7 Å². The van der Waals surface area contributed by atoms with Crippen LogP contribution in [0.3, 0.4) is 0 Å². The van der Waals surface area contributed by atoms with E-state index in [1.165, 1.54) is 0 Å². The molecule has 2 rings (SSSR count). The van der Waals surface area contributed by atoms with Crippen molar-refractivity contribution in [3.8, 4) is 5.69 Å². The van der Waals surface area contributed by atoms with Gasteiger partial charge in [0.2, 0.25) is 0 Å². The second-order valence-corrected chi connectivity index (χ2v) is 3.27. The molecule has 2 nitrogen and oxygen atoms in total. The molecule has 2 aromatic rings. The Hall–Kier alpha value is -1.57. The van der Waals surface area contributed by atoms with Crippen LogP contribution >= 0.6 is 0 Å². The molecular weight excluding hydrogens is 172 g/mol. The van der Waals surface area contributed by atoms with Gasteiger partial charge in [0.25, 0.3) is 0 Å². The van der Waals surface area contributed by atoms with E-state index < -0.39 is 0 Å². The smallest absolute Gasteiger partial charge is 0.0648 e. The Bertz CT molecular complexity index is 415. The van der Waals surface area contributed by atoms with Gasteiger partial charge in [0.1, 0.15) is 0 Å². The molecule has 0 unspecified atom stereocenters. The molecule has 0 aliphatic carbocycles. The molecule has 0 spiro atoms. The molecule has 1 heterocycles. The summed E-state index contributed by atoms with van der Waals surface area (Å²) >= 11 is 0. The summed E-state index contributed by atoms with van der Waals surface area (Å²) in [7, 11) is 0. The Balaban J connectivity index is 2.51. The van der Waals surface area contributed by atoms with Crippen LogP contribution in [0.25, 0.3) is 5.69 Å². The van der Waals surface area contributed by atoms with Gasteiger partial charge < -0.3 is 0 Å². The standard InChI is InChI=1S/C12H13N2/c1-3-11-9-10(2)13-14(11)12-7-5-4-6-8-12/h4-9H,1,3H2,2H3. The van der Waals surface area contributed by atoms with Crippen molar-refractivity contribution in [2.45, 2.75) is 13.3 Å². The summed E-state index contributed by atoms with van der Waals surface area (Å²) in [5.74, 6) is 0. The maximum Gasteiger partial charge on any atom is 0.0648 e. The van der Waals surface area contributed by atoms with Crippen LogP contribution in [0.15, 0.2) is 36.4 Å². The monoisotopic (exact) mass is 185 g/mol. The van der Waals surface area contributed by atoms with Crippen LogP contribution in [0.4, 0.5) is 0 Å². The van der Waals surface area contributed by atoms with Crippen molar-refractivity contribution < 1.29 is 0 Å². The molecule has 0 bridgehead atoms. The lowest BCUT2D eigenvalue weighted by Crippen LogP contribution is -2.00. The van der Waals surface area contributed by atoms with Crippen LogP contribution in [0.5, 0.6) is 0 Å². The van der Waals surface area contributed by atoms with Crippen LogP contribution in [-0.4, -0.2) is 9.78 Å². The zero-order chi connectivity index (χ0) is 9.97. The number of hydrogen-bond donors (Lipinski definition) is 0. The van der Waals surface area contributed by atoms with Gasteiger partial charge in [-0.1, -0.05) is 18.2 Å². The van der Waals surface area contributed by atoms with Crippen molar-refractivity contribution in [2.75, 3.05) is 0 Å². The molecule has 1 aromatic heterocycles. The minimum absolute atomic E-state index is 0.760. The first-order chi connectivity index (χ1) is 6.81. The number of aromatic nitrogens is 2. The van der Waals surface area contributed by atoms with Gasteiger partial charge in [0, 0.05) is 5.69 Å². The first kappa shape index (κ1) is 9.00. The topological polar surface area (TPSA) is 17.8 Å². The fraction of sp³-hybridized carbons (Fsp3) is 0.167. The molecule has 0 aliphatic heterocycles. The van der Waals surface area contributed by atoms with Crippen molar-refractivity contribution in [1.82, 2.24) is 9.78 Å². The molecule has 1 aromatic carbocycles. The molecule has 2 heteroatoms. The van der Waals surface area contributed by atoms with E-state index >= 15 is 0 Å². The van der Waals surface area contributed by atoms with Gasteiger partial charge in [-0.15, -0.1) is 0 Å². The summed E-state index contributed by atoms with van der Waals surface area (Å²) in [6.07, 6.45) is 0.760. The predicted octanol–water partition coefficient (Wildman–Crippen LogP) is 2.56. The molecular formula is C12H13N2. The minimum Gasteiger partial charge on any atom is -0.238 e. The molecule has 0 fully saturated rings. The fourth-order valence-electron chi connectivity index (χ4n) is 1.52. The van der Waals surface area contributed by atoms with E-state index in [0.717, 1.165) is 23.5 Å². The van der Waals surface area contributed by atoms with Crippen LogP contribution in [0.1, 0.15) is 11.4 Å². The van der Waals surface area contributed by atoms with E-state index in [4.69, 9.17) is 0 Å². The summed E-state index contributed by atoms with van der Waals surface area (Å²) < 4.78 is 1.95. The highest BCUT2D eigenvalue weighted by atomic mass is 15.3. The molecule has 0 saturated heterocycles. The van der Waals surface area contributed by atoms with E-state index in [2.05, 4.69) is 18.1 Å². The van der Waals surface area contributed by atoms with Gasteiger partial charge in [-0.05, 0) is 38.5 Å². The van der Waals surface area contributed by atoms with Crippen LogP contribution in [0, 0.1) is 13.8 Å². The van der Waals surface area contributed by atoms with Crippen molar-refractivity contribution >= 4 is 0 Å². The largest absolute Gasteiger partial charge is 0.238 e. The number of aryl methyl sites for hydroxylation is 1. The van der Waals surface area contributed by atoms with Crippen molar-refractivity contribution in [3.63, 3.8) is 0 Å². The molecule has 0 saturated carbocycles. The molecule has 0 atom stereocenters. The predicted molar refractivity (Wildman–Crippen MR) is 57.4 cm³/mol. The van der Waals surface area contributed by atoms with Gasteiger partial charge in [-0.3, -0.25) is 0 Å². The Kier molecular flexibility index (Phi) is 2.35. The third-order valence-corrected chi connectivity index (χ3v) is 2.16. The fourth-order valence-corrected chi connectivity index (χ4v) is 1.52. The average Bonchev–Trinajstić information content (AvgIpc) is 2.61. The highest BCUT2D eigenvalue weighted by Crippen LogP contribution is 2.12. The lowest BCUT2D eigenvalue weighted by molar-refractivity contribution is 0.817. The second-order valence-electron chi connectivity index (χ2n) is 3.27. The van der Waals surface area contributed by atoms with Gasteiger partial charge in [0.15, 0.2) is 0 Å². The first-order valence-corrected chi connectivity index (χ1v) is 4.71. The zero-order valence-electron chi connectivity index (χ0n) is 8.27. The Morgan fingerprint density at radius 3 is 2.64 bits per heavy atom. The molecule has 0 N–H and O–H groups in total.